The molecule has 0 radical (unpaired) electrons. The van der Waals surface area contributed by atoms with Gasteiger partial charge >= 0.3 is 0 Å². The normalized spacial score (nSPS) is 15.5. The van der Waals surface area contributed by atoms with Crippen molar-refractivity contribution in [2.75, 3.05) is 23.0 Å². The van der Waals surface area contributed by atoms with E-state index in [1.165, 1.54) is 23.9 Å². The van der Waals surface area contributed by atoms with Gasteiger partial charge in [-0.1, -0.05) is 29.4 Å². The lowest BCUT2D eigenvalue weighted by Crippen LogP contribution is -2.20. The number of aromatic nitrogens is 3. The summed E-state index contributed by atoms with van der Waals surface area (Å²) in [5.74, 6) is 0.472. The molecule has 1 aliphatic rings. The zero-order chi connectivity index (χ0) is 23.2. The first-order valence-corrected chi connectivity index (χ1v) is 12.1. The average molecular weight is 490 g/mol. The molecule has 3 aromatic rings. The second-order valence-corrected chi connectivity index (χ2v) is 9.10. The number of anilines is 2. The van der Waals surface area contributed by atoms with E-state index in [0.29, 0.717) is 29.0 Å². The van der Waals surface area contributed by atoms with Gasteiger partial charge in [0, 0.05) is 23.0 Å². The molecule has 1 aliphatic heterocycles. The van der Waals surface area contributed by atoms with Crippen LogP contribution >= 0.6 is 23.4 Å². The average Bonchev–Trinajstić information content (AvgIpc) is 3.46. The van der Waals surface area contributed by atoms with Crippen molar-refractivity contribution in [3.63, 3.8) is 0 Å². The van der Waals surface area contributed by atoms with Crippen LogP contribution in [0.15, 0.2) is 47.6 Å². The molecule has 0 spiro atoms. The third-order valence-corrected chi connectivity index (χ3v) is 6.75. The van der Waals surface area contributed by atoms with Gasteiger partial charge in [0.1, 0.15) is 5.82 Å². The van der Waals surface area contributed by atoms with Crippen LogP contribution in [0, 0.1) is 12.7 Å². The van der Waals surface area contributed by atoms with Crippen LogP contribution in [-0.2, 0) is 22.6 Å². The minimum absolute atomic E-state index is 0.0906. The van der Waals surface area contributed by atoms with Crippen molar-refractivity contribution in [2.24, 2.45) is 0 Å². The summed E-state index contributed by atoms with van der Waals surface area (Å²) in [4.78, 5) is 12.6. The molecule has 0 aliphatic carbocycles. The second-order valence-electron chi connectivity index (χ2n) is 7.75. The number of ether oxygens (including phenoxy) is 1. The zero-order valence-electron chi connectivity index (χ0n) is 18.2. The van der Waals surface area contributed by atoms with Crippen LogP contribution in [0.25, 0.3) is 0 Å². The fourth-order valence-corrected chi connectivity index (χ4v) is 4.48. The van der Waals surface area contributed by atoms with Crippen LogP contribution in [0.5, 0.6) is 0 Å². The van der Waals surface area contributed by atoms with E-state index in [1.54, 1.807) is 24.3 Å². The fourth-order valence-electron chi connectivity index (χ4n) is 3.54. The number of thioether (sulfide) groups is 1. The molecule has 174 valence electrons. The van der Waals surface area contributed by atoms with Gasteiger partial charge in [0.25, 0.3) is 0 Å². The Morgan fingerprint density at radius 3 is 2.85 bits per heavy atom. The molecule has 2 heterocycles. The first-order chi connectivity index (χ1) is 16.0. The second kappa shape index (κ2) is 11.0. The molecular formula is C23H25ClFN5O2S. The molecule has 1 amide bonds. The smallest absolute Gasteiger partial charge is 0.234 e. The van der Waals surface area contributed by atoms with Gasteiger partial charge in [-0.2, -0.15) is 0 Å². The van der Waals surface area contributed by atoms with E-state index in [4.69, 9.17) is 16.3 Å². The summed E-state index contributed by atoms with van der Waals surface area (Å²) in [5.41, 5.74) is 2.31. The van der Waals surface area contributed by atoms with Crippen LogP contribution in [-0.4, -0.2) is 39.1 Å². The lowest BCUT2D eigenvalue weighted by atomic mass is 10.2. The lowest BCUT2D eigenvalue weighted by molar-refractivity contribution is -0.113. The first kappa shape index (κ1) is 23.5. The third kappa shape index (κ3) is 6.25. The molecule has 7 nitrogen and oxygen atoms in total. The van der Waals surface area contributed by atoms with Gasteiger partial charge in [0.15, 0.2) is 11.0 Å². The van der Waals surface area contributed by atoms with Gasteiger partial charge in [-0.3, -0.25) is 4.79 Å². The summed E-state index contributed by atoms with van der Waals surface area (Å²) >= 11 is 7.47. The van der Waals surface area contributed by atoms with Gasteiger partial charge < -0.3 is 19.9 Å². The number of carbonyl (C=O) groups excluding carboxylic acids is 1. The highest BCUT2D eigenvalue weighted by Crippen LogP contribution is 2.25. The molecular weight excluding hydrogens is 465 g/mol. The summed E-state index contributed by atoms with van der Waals surface area (Å²) in [6, 6.07) is 11.6. The standard InChI is InChI=1S/C23H25ClFN5O2S/c1-15-19(24)5-2-6-20(15)27-22(31)14-33-23-29-28-21(30(23)13-18-4-3-11-32-18)12-26-17-9-7-16(25)8-10-17/h2,5-10,18,26H,3-4,11-14H2,1H3,(H,27,31)/t18-/m0/s1. The lowest BCUT2D eigenvalue weighted by Gasteiger charge is -2.15. The van der Waals surface area contributed by atoms with E-state index in [9.17, 15) is 9.18 Å². The number of hydrogen-bond acceptors (Lipinski definition) is 6. The molecule has 0 saturated carbocycles. The van der Waals surface area contributed by atoms with Crippen LogP contribution in [0.1, 0.15) is 24.2 Å². The molecule has 1 fully saturated rings. The van der Waals surface area contributed by atoms with Crippen LogP contribution < -0.4 is 10.6 Å². The molecule has 33 heavy (non-hydrogen) atoms. The fraction of sp³-hybridized carbons (Fsp3) is 0.348. The van der Waals surface area contributed by atoms with E-state index in [-0.39, 0.29) is 23.6 Å². The maximum atomic E-state index is 13.2. The molecule has 2 aromatic carbocycles. The van der Waals surface area contributed by atoms with Crippen LogP contribution in [0.3, 0.4) is 0 Å². The van der Waals surface area contributed by atoms with E-state index in [0.717, 1.165) is 36.5 Å². The Bertz CT molecular complexity index is 1100. The van der Waals surface area contributed by atoms with Crippen molar-refractivity contribution in [2.45, 2.75) is 44.1 Å². The van der Waals surface area contributed by atoms with Crippen molar-refractivity contribution in [1.82, 2.24) is 14.8 Å². The van der Waals surface area contributed by atoms with Crippen LogP contribution in [0.4, 0.5) is 15.8 Å². The quantitative estimate of drug-likeness (QED) is 0.416. The van der Waals surface area contributed by atoms with Gasteiger partial charge in [-0.05, 0) is 61.7 Å². The summed E-state index contributed by atoms with van der Waals surface area (Å²) in [5, 5.41) is 16.0. The van der Waals surface area contributed by atoms with Crippen molar-refractivity contribution in [1.29, 1.82) is 0 Å². The largest absolute Gasteiger partial charge is 0.378 e. The van der Waals surface area contributed by atoms with E-state index >= 15 is 0 Å². The number of nitrogens with one attached hydrogen (secondary N) is 2. The van der Waals surface area contributed by atoms with Gasteiger partial charge in [-0.15, -0.1) is 10.2 Å². The summed E-state index contributed by atoms with van der Waals surface area (Å²) in [7, 11) is 0. The highest BCUT2D eigenvalue weighted by atomic mass is 35.5. The predicted octanol–water partition coefficient (Wildman–Crippen LogP) is 4.90. The van der Waals surface area contributed by atoms with Gasteiger partial charge in [0.2, 0.25) is 5.91 Å². The van der Waals surface area contributed by atoms with Crippen molar-refractivity contribution >= 4 is 40.6 Å². The van der Waals surface area contributed by atoms with E-state index < -0.39 is 0 Å². The van der Waals surface area contributed by atoms with Crippen molar-refractivity contribution in [3.8, 4) is 0 Å². The summed E-state index contributed by atoms with van der Waals surface area (Å²) in [6.07, 6.45) is 2.09. The highest BCUT2D eigenvalue weighted by molar-refractivity contribution is 7.99. The number of hydrogen-bond donors (Lipinski definition) is 2. The first-order valence-electron chi connectivity index (χ1n) is 10.7. The Balaban J connectivity index is 1.42. The molecule has 4 rings (SSSR count). The Hall–Kier alpha value is -2.62. The SMILES string of the molecule is Cc1c(Cl)cccc1NC(=O)CSc1nnc(CNc2ccc(F)cc2)n1C[C@@H]1CCCO1. The third-order valence-electron chi connectivity index (χ3n) is 5.37. The van der Waals surface area contributed by atoms with Crippen molar-refractivity contribution in [3.05, 3.63) is 64.7 Å². The maximum absolute atomic E-state index is 13.2. The molecule has 2 N–H and O–H groups in total. The number of rotatable bonds is 9. The molecule has 0 unspecified atom stereocenters. The summed E-state index contributed by atoms with van der Waals surface area (Å²) < 4.78 is 21.0. The molecule has 10 heteroatoms. The number of benzene rings is 2. The van der Waals surface area contributed by atoms with E-state index in [1.807, 2.05) is 17.6 Å². The minimum Gasteiger partial charge on any atom is -0.378 e. The highest BCUT2D eigenvalue weighted by Gasteiger charge is 2.21. The number of halogens is 2. The molecule has 0 bridgehead atoms. The van der Waals surface area contributed by atoms with Gasteiger partial charge in [0.05, 0.1) is 24.9 Å². The van der Waals surface area contributed by atoms with Crippen molar-refractivity contribution < 1.29 is 13.9 Å². The predicted molar refractivity (Wildman–Crippen MR) is 128 cm³/mol. The molecule has 1 aromatic heterocycles. The monoisotopic (exact) mass is 489 g/mol. The Morgan fingerprint density at radius 1 is 1.27 bits per heavy atom. The minimum atomic E-state index is -0.285. The van der Waals surface area contributed by atoms with Gasteiger partial charge in [-0.25, -0.2) is 4.39 Å². The number of amides is 1. The van der Waals surface area contributed by atoms with Crippen LogP contribution in [0.2, 0.25) is 5.02 Å². The Kier molecular flexibility index (Phi) is 7.85. The Labute approximate surface area is 201 Å². The molecule has 1 atom stereocenters. The Morgan fingerprint density at radius 2 is 2.09 bits per heavy atom. The number of nitrogens with zero attached hydrogens (tertiary/aromatic N) is 3. The molecule has 1 saturated heterocycles. The topological polar surface area (TPSA) is 81.1 Å². The zero-order valence-corrected chi connectivity index (χ0v) is 19.8. The summed E-state index contributed by atoms with van der Waals surface area (Å²) in [6.45, 7) is 3.65. The van der Waals surface area contributed by atoms with E-state index in [2.05, 4.69) is 20.8 Å². The maximum Gasteiger partial charge on any atom is 0.234 e. The number of carbonyl (C=O) groups is 1.